The van der Waals surface area contributed by atoms with E-state index in [2.05, 4.69) is 26.1 Å². The first-order valence-corrected chi connectivity index (χ1v) is 12.4. The molecule has 1 amide bonds. The van der Waals surface area contributed by atoms with Gasteiger partial charge in [0.2, 0.25) is 10.0 Å². The molecule has 0 unspecified atom stereocenters. The quantitative estimate of drug-likeness (QED) is 0.754. The van der Waals surface area contributed by atoms with Crippen LogP contribution in [0, 0.1) is 6.92 Å². The Morgan fingerprint density at radius 1 is 1.19 bits per heavy atom. The number of fused-ring (bicyclic) bond motifs is 1. The zero-order chi connectivity index (χ0) is 23.0. The summed E-state index contributed by atoms with van der Waals surface area (Å²) in [5, 5.41) is 3.03. The summed E-state index contributed by atoms with van der Waals surface area (Å²) < 4.78 is 32.3. The molecule has 1 aliphatic heterocycles. The van der Waals surface area contributed by atoms with Gasteiger partial charge < -0.3 is 10.1 Å². The first-order valence-electron chi connectivity index (χ1n) is 10.6. The highest BCUT2D eigenvalue weighted by molar-refractivity contribution is 7.92. The standard InChI is InChI=1S/C24H32N2O4S/c1-7-19(17-10-8-16(2)9-11-17)25-23(27)22-15-26(31(6,28)29)20-14-18(24(3,4)5)12-13-21(20)30-22/h8-14,19,22H,7,15H2,1-6H3,(H,25,27)/t19-,22-/m0/s1. The number of benzene rings is 2. The highest BCUT2D eigenvalue weighted by atomic mass is 32.2. The van der Waals surface area contributed by atoms with E-state index in [0.29, 0.717) is 17.9 Å². The van der Waals surface area contributed by atoms with Crippen molar-refractivity contribution in [3.8, 4) is 5.75 Å². The molecule has 0 aromatic heterocycles. The number of carbonyl (C=O) groups excluding carboxylic acids is 1. The maximum atomic E-state index is 13.1. The number of hydrogen-bond donors (Lipinski definition) is 1. The van der Waals surface area contributed by atoms with Crippen LogP contribution in [0.25, 0.3) is 0 Å². The summed E-state index contributed by atoms with van der Waals surface area (Å²) in [4.78, 5) is 13.1. The smallest absolute Gasteiger partial charge is 0.263 e. The third kappa shape index (κ3) is 5.21. The van der Waals surface area contributed by atoms with Crippen LogP contribution in [0.5, 0.6) is 5.75 Å². The van der Waals surface area contributed by atoms with E-state index in [1.165, 1.54) is 4.31 Å². The van der Waals surface area contributed by atoms with Crippen molar-refractivity contribution in [1.82, 2.24) is 5.32 Å². The van der Waals surface area contributed by atoms with Gasteiger partial charge in [-0.15, -0.1) is 0 Å². The summed E-state index contributed by atoms with van der Waals surface area (Å²) in [7, 11) is -3.59. The molecule has 0 bridgehead atoms. The fraction of sp³-hybridized carbons (Fsp3) is 0.458. The van der Waals surface area contributed by atoms with Gasteiger partial charge in [0.05, 0.1) is 24.5 Å². The van der Waals surface area contributed by atoms with E-state index < -0.39 is 16.1 Å². The zero-order valence-corrected chi connectivity index (χ0v) is 19.9. The molecule has 2 aromatic rings. The van der Waals surface area contributed by atoms with Gasteiger partial charge in [0.15, 0.2) is 6.10 Å². The lowest BCUT2D eigenvalue weighted by molar-refractivity contribution is -0.128. The fourth-order valence-corrected chi connectivity index (χ4v) is 4.56. The van der Waals surface area contributed by atoms with Gasteiger partial charge in [0, 0.05) is 0 Å². The SMILES string of the molecule is CC[C@H](NC(=O)[C@@H]1CN(S(C)(=O)=O)c2cc(C(C)(C)C)ccc2O1)c1ccc(C)cc1. The summed E-state index contributed by atoms with van der Waals surface area (Å²) >= 11 is 0. The van der Waals surface area contributed by atoms with Crippen LogP contribution in [0.3, 0.4) is 0 Å². The summed E-state index contributed by atoms with van der Waals surface area (Å²) in [6, 6.07) is 13.4. The summed E-state index contributed by atoms with van der Waals surface area (Å²) in [5.74, 6) is 0.0693. The van der Waals surface area contributed by atoms with Crippen LogP contribution in [-0.4, -0.2) is 33.2 Å². The Bertz CT molecular complexity index is 1060. The molecule has 7 heteroatoms. The Morgan fingerprint density at radius 3 is 2.39 bits per heavy atom. The Morgan fingerprint density at radius 2 is 1.84 bits per heavy atom. The molecule has 168 valence electrons. The van der Waals surface area contributed by atoms with E-state index >= 15 is 0 Å². The van der Waals surface area contributed by atoms with Crippen LogP contribution in [0.15, 0.2) is 42.5 Å². The molecule has 6 nitrogen and oxygen atoms in total. The van der Waals surface area contributed by atoms with Crippen molar-refractivity contribution in [1.29, 1.82) is 0 Å². The number of carbonyl (C=O) groups is 1. The number of amides is 1. The Labute approximate surface area is 185 Å². The maximum absolute atomic E-state index is 13.1. The fourth-order valence-electron chi connectivity index (χ4n) is 3.65. The third-order valence-electron chi connectivity index (χ3n) is 5.59. The second kappa shape index (κ2) is 8.54. The van der Waals surface area contributed by atoms with Gasteiger partial charge in [-0.05, 0) is 42.0 Å². The lowest BCUT2D eigenvalue weighted by Gasteiger charge is -2.35. The normalized spacial score (nSPS) is 17.5. The highest BCUT2D eigenvalue weighted by Gasteiger charge is 2.36. The molecule has 2 aromatic carbocycles. The van der Waals surface area contributed by atoms with Crippen molar-refractivity contribution >= 4 is 21.6 Å². The first kappa shape index (κ1) is 23.1. The number of nitrogens with zero attached hydrogens (tertiary/aromatic N) is 1. The summed E-state index contributed by atoms with van der Waals surface area (Å²) in [6.45, 7) is 10.1. The third-order valence-corrected chi connectivity index (χ3v) is 6.74. The molecule has 1 N–H and O–H groups in total. The summed E-state index contributed by atoms with van der Waals surface area (Å²) in [6.07, 6.45) is 0.937. The monoisotopic (exact) mass is 444 g/mol. The lowest BCUT2D eigenvalue weighted by atomic mass is 9.86. The van der Waals surface area contributed by atoms with Gasteiger partial charge in [-0.1, -0.05) is 63.6 Å². The Balaban J connectivity index is 1.88. The average Bonchev–Trinajstić information content (AvgIpc) is 2.70. The van der Waals surface area contributed by atoms with E-state index in [-0.39, 0.29) is 23.9 Å². The number of aryl methyl sites for hydroxylation is 1. The molecule has 0 aliphatic carbocycles. The molecular weight excluding hydrogens is 412 g/mol. The number of rotatable bonds is 5. The number of sulfonamides is 1. The predicted octanol–water partition coefficient (Wildman–Crippen LogP) is 4.09. The van der Waals surface area contributed by atoms with Gasteiger partial charge in [-0.3, -0.25) is 9.10 Å². The topological polar surface area (TPSA) is 75.7 Å². The lowest BCUT2D eigenvalue weighted by Crippen LogP contribution is -2.51. The van der Waals surface area contributed by atoms with Crippen molar-refractivity contribution in [3.05, 3.63) is 59.2 Å². The van der Waals surface area contributed by atoms with E-state index in [4.69, 9.17) is 4.74 Å². The molecular formula is C24H32N2O4S. The molecule has 0 saturated heterocycles. The number of nitrogens with one attached hydrogen (secondary N) is 1. The van der Waals surface area contributed by atoms with Crippen molar-refractivity contribution in [3.63, 3.8) is 0 Å². The molecule has 2 atom stereocenters. The minimum Gasteiger partial charge on any atom is -0.476 e. The van der Waals surface area contributed by atoms with Crippen LogP contribution >= 0.6 is 0 Å². The maximum Gasteiger partial charge on any atom is 0.263 e. The molecule has 3 rings (SSSR count). The minimum atomic E-state index is -3.59. The van der Waals surface area contributed by atoms with Gasteiger partial charge in [-0.2, -0.15) is 0 Å². The first-order chi connectivity index (χ1) is 14.4. The van der Waals surface area contributed by atoms with Crippen LogP contribution in [-0.2, 0) is 20.2 Å². The van der Waals surface area contributed by atoms with Crippen molar-refractivity contribution in [2.45, 2.75) is 58.6 Å². The second-order valence-electron chi connectivity index (χ2n) is 9.21. The van der Waals surface area contributed by atoms with Crippen molar-refractivity contribution < 1.29 is 17.9 Å². The van der Waals surface area contributed by atoms with Gasteiger partial charge in [0.25, 0.3) is 5.91 Å². The van der Waals surface area contributed by atoms with Crippen molar-refractivity contribution in [2.75, 3.05) is 17.1 Å². The molecule has 0 spiro atoms. The van der Waals surface area contributed by atoms with Gasteiger partial charge in [-0.25, -0.2) is 8.42 Å². The Hall–Kier alpha value is -2.54. The van der Waals surface area contributed by atoms with E-state index in [1.54, 1.807) is 6.07 Å². The largest absolute Gasteiger partial charge is 0.476 e. The van der Waals surface area contributed by atoms with Crippen LogP contribution < -0.4 is 14.4 Å². The second-order valence-corrected chi connectivity index (χ2v) is 11.1. The van der Waals surface area contributed by atoms with Crippen LogP contribution in [0.1, 0.15) is 56.8 Å². The molecule has 1 aliphatic rings. The van der Waals surface area contributed by atoms with Crippen LogP contribution in [0.2, 0.25) is 0 Å². The van der Waals surface area contributed by atoms with Gasteiger partial charge in [0.1, 0.15) is 5.75 Å². The van der Waals surface area contributed by atoms with Crippen LogP contribution in [0.4, 0.5) is 5.69 Å². The van der Waals surface area contributed by atoms with E-state index in [0.717, 1.165) is 22.9 Å². The van der Waals surface area contributed by atoms with E-state index in [1.807, 2.05) is 50.2 Å². The number of anilines is 1. The minimum absolute atomic E-state index is 0.0599. The predicted molar refractivity (Wildman–Crippen MR) is 124 cm³/mol. The van der Waals surface area contributed by atoms with Crippen molar-refractivity contribution in [2.24, 2.45) is 0 Å². The molecule has 0 saturated carbocycles. The highest BCUT2D eigenvalue weighted by Crippen LogP contribution is 2.38. The number of ether oxygens (including phenoxy) is 1. The average molecular weight is 445 g/mol. The van der Waals surface area contributed by atoms with Gasteiger partial charge >= 0.3 is 0 Å². The molecule has 1 heterocycles. The summed E-state index contributed by atoms with van der Waals surface area (Å²) in [5.41, 5.74) is 3.49. The zero-order valence-electron chi connectivity index (χ0n) is 19.1. The molecule has 0 radical (unpaired) electrons. The Kier molecular flexibility index (Phi) is 6.37. The molecule has 31 heavy (non-hydrogen) atoms. The number of hydrogen-bond acceptors (Lipinski definition) is 4. The molecule has 0 fully saturated rings. The van der Waals surface area contributed by atoms with E-state index in [9.17, 15) is 13.2 Å².